The van der Waals surface area contributed by atoms with Gasteiger partial charge in [0.25, 0.3) is 5.91 Å². The summed E-state index contributed by atoms with van der Waals surface area (Å²) in [4.78, 5) is 34.3. The van der Waals surface area contributed by atoms with Crippen molar-refractivity contribution in [2.75, 3.05) is 19.6 Å². The number of H-pyrrole nitrogens is 1. The van der Waals surface area contributed by atoms with Gasteiger partial charge in [0.2, 0.25) is 5.91 Å². The lowest BCUT2D eigenvalue weighted by Crippen LogP contribution is -2.42. The maximum absolute atomic E-state index is 12.7. The Hall–Kier alpha value is -2.37. The monoisotopic (exact) mass is 410 g/mol. The van der Waals surface area contributed by atoms with Crippen molar-refractivity contribution in [2.45, 2.75) is 64.2 Å². The van der Waals surface area contributed by atoms with E-state index in [4.69, 9.17) is 0 Å². The molecule has 0 radical (unpaired) electrons. The Kier molecular flexibility index (Phi) is 7.03. The van der Waals surface area contributed by atoms with Crippen molar-refractivity contribution in [3.63, 3.8) is 0 Å². The predicted octanol–water partition coefficient (Wildman–Crippen LogP) is 4.28. The minimum Gasteiger partial charge on any atom is -0.351 e. The molecule has 0 spiro atoms. The van der Waals surface area contributed by atoms with Gasteiger partial charge in [-0.05, 0) is 50.2 Å². The number of carbonyl (C=O) groups is 2. The highest BCUT2D eigenvalue weighted by atomic mass is 16.2. The molecule has 2 aromatic rings. The molecule has 2 N–H and O–H groups in total. The average Bonchev–Trinajstić information content (AvgIpc) is 3.24. The molecule has 1 aliphatic heterocycles. The highest BCUT2D eigenvalue weighted by Crippen LogP contribution is 2.28. The molecule has 30 heavy (non-hydrogen) atoms. The second-order valence-corrected chi connectivity index (χ2v) is 9.00. The molecule has 0 atom stereocenters. The van der Waals surface area contributed by atoms with E-state index in [0.29, 0.717) is 24.1 Å². The minimum absolute atomic E-state index is 0.0549. The SMILES string of the molecule is O=C(NCCCCC1CCN(C(=O)C2CCCCC2)CC1)c1cc2cnccc2[nH]1. The van der Waals surface area contributed by atoms with E-state index in [2.05, 4.69) is 20.2 Å². The second-order valence-electron chi connectivity index (χ2n) is 9.00. The Morgan fingerprint density at radius 3 is 2.67 bits per heavy atom. The fourth-order valence-corrected chi connectivity index (χ4v) is 5.00. The molecule has 2 fully saturated rings. The van der Waals surface area contributed by atoms with Crippen LogP contribution >= 0.6 is 0 Å². The predicted molar refractivity (Wildman–Crippen MR) is 118 cm³/mol. The molecule has 0 unspecified atom stereocenters. The van der Waals surface area contributed by atoms with Gasteiger partial charge >= 0.3 is 0 Å². The maximum Gasteiger partial charge on any atom is 0.267 e. The average molecular weight is 411 g/mol. The zero-order valence-corrected chi connectivity index (χ0v) is 17.9. The quantitative estimate of drug-likeness (QED) is 0.669. The Bertz CT molecular complexity index is 815. The van der Waals surface area contributed by atoms with Gasteiger partial charge in [0, 0.05) is 48.8 Å². The summed E-state index contributed by atoms with van der Waals surface area (Å²) in [6.45, 7) is 2.57. The number of aromatic amines is 1. The standard InChI is InChI=1S/C24H34N4O2/c29-23(22-16-20-17-25-13-9-21(20)27-22)26-12-5-4-6-18-10-14-28(15-11-18)24(30)19-7-2-1-3-8-19/h9,13,16-19,27H,1-8,10-12,14-15H2,(H,26,29). The van der Waals surface area contributed by atoms with Crippen molar-refractivity contribution in [3.8, 4) is 0 Å². The number of nitrogens with zero attached hydrogens (tertiary/aromatic N) is 2. The number of fused-ring (bicyclic) bond motifs is 1. The van der Waals surface area contributed by atoms with Crippen LogP contribution in [-0.2, 0) is 4.79 Å². The van der Waals surface area contributed by atoms with E-state index in [1.54, 1.807) is 12.4 Å². The molecular weight excluding hydrogens is 376 g/mol. The molecule has 6 heteroatoms. The van der Waals surface area contributed by atoms with Crippen molar-refractivity contribution in [1.82, 2.24) is 20.2 Å². The first-order valence-corrected chi connectivity index (χ1v) is 11.7. The van der Waals surface area contributed by atoms with E-state index >= 15 is 0 Å². The molecule has 1 saturated carbocycles. The van der Waals surface area contributed by atoms with Crippen LogP contribution < -0.4 is 5.32 Å². The van der Waals surface area contributed by atoms with Gasteiger partial charge in [-0.25, -0.2) is 0 Å². The number of unbranched alkanes of at least 4 members (excludes halogenated alkanes) is 1. The largest absolute Gasteiger partial charge is 0.351 e. The molecule has 0 aromatic carbocycles. The number of piperidine rings is 1. The summed E-state index contributed by atoms with van der Waals surface area (Å²) in [6.07, 6.45) is 15.0. The summed E-state index contributed by atoms with van der Waals surface area (Å²) in [5, 5.41) is 3.97. The van der Waals surface area contributed by atoms with Crippen LogP contribution in [0.1, 0.15) is 74.7 Å². The van der Waals surface area contributed by atoms with E-state index in [9.17, 15) is 9.59 Å². The number of pyridine rings is 1. The van der Waals surface area contributed by atoms with E-state index in [0.717, 1.165) is 68.4 Å². The third-order valence-electron chi connectivity index (χ3n) is 6.87. The summed E-state index contributed by atoms with van der Waals surface area (Å²) < 4.78 is 0. The summed E-state index contributed by atoms with van der Waals surface area (Å²) in [5.41, 5.74) is 1.52. The third kappa shape index (κ3) is 5.21. The van der Waals surface area contributed by atoms with E-state index in [-0.39, 0.29) is 5.91 Å². The molecule has 4 rings (SSSR count). The normalized spacial score (nSPS) is 18.6. The summed E-state index contributed by atoms with van der Waals surface area (Å²) in [5.74, 6) is 1.38. The van der Waals surface area contributed by atoms with Gasteiger partial charge in [-0.15, -0.1) is 0 Å². The van der Waals surface area contributed by atoms with Crippen molar-refractivity contribution in [1.29, 1.82) is 0 Å². The van der Waals surface area contributed by atoms with Crippen LogP contribution in [0.2, 0.25) is 0 Å². The van der Waals surface area contributed by atoms with Gasteiger partial charge in [-0.2, -0.15) is 0 Å². The number of hydrogen-bond donors (Lipinski definition) is 2. The van der Waals surface area contributed by atoms with Gasteiger partial charge in [-0.3, -0.25) is 14.6 Å². The first-order chi connectivity index (χ1) is 14.7. The fraction of sp³-hybridized carbons (Fsp3) is 0.625. The zero-order chi connectivity index (χ0) is 20.8. The molecule has 3 heterocycles. The number of amides is 2. The molecule has 1 saturated heterocycles. The fourth-order valence-electron chi connectivity index (χ4n) is 5.00. The van der Waals surface area contributed by atoms with Crippen molar-refractivity contribution >= 4 is 22.7 Å². The topological polar surface area (TPSA) is 78.1 Å². The lowest BCUT2D eigenvalue weighted by molar-refractivity contribution is -0.138. The van der Waals surface area contributed by atoms with Gasteiger partial charge < -0.3 is 15.2 Å². The zero-order valence-electron chi connectivity index (χ0n) is 17.9. The molecule has 6 nitrogen and oxygen atoms in total. The van der Waals surface area contributed by atoms with Crippen LogP contribution in [0.5, 0.6) is 0 Å². The highest BCUT2D eigenvalue weighted by Gasteiger charge is 2.28. The van der Waals surface area contributed by atoms with Crippen molar-refractivity contribution in [3.05, 3.63) is 30.2 Å². The van der Waals surface area contributed by atoms with Gasteiger partial charge in [0.15, 0.2) is 0 Å². The molecule has 2 aliphatic rings. The molecule has 162 valence electrons. The maximum atomic E-state index is 12.7. The Balaban J connectivity index is 1.10. The second kappa shape index (κ2) is 10.1. The minimum atomic E-state index is -0.0549. The molecule has 2 amide bonds. The van der Waals surface area contributed by atoms with Gasteiger partial charge in [0.05, 0.1) is 0 Å². The number of nitrogens with one attached hydrogen (secondary N) is 2. The lowest BCUT2D eigenvalue weighted by Gasteiger charge is -2.35. The Labute approximate surface area is 178 Å². The van der Waals surface area contributed by atoms with Crippen LogP contribution in [-0.4, -0.2) is 46.3 Å². The van der Waals surface area contributed by atoms with Crippen LogP contribution in [0.15, 0.2) is 24.5 Å². The number of rotatable bonds is 7. The Morgan fingerprint density at radius 2 is 1.90 bits per heavy atom. The third-order valence-corrected chi connectivity index (χ3v) is 6.87. The smallest absolute Gasteiger partial charge is 0.267 e. The molecule has 0 bridgehead atoms. The lowest BCUT2D eigenvalue weighted by atomic mass is 9.86. The van der Waals surface area contributed by atoms with Crippen LogP contribution in [0.3, 0.4) is 0 Å². The Morgan fingerprint density at radius 1 is 1.10 bits per heavy atom. The van der Waals surface area contributed by atoms with Crippen LogP contribution in [0, 0.1) is 11.8 Å². The number of likely N-dealkylation sites (tertiary alicyclic amines) is 1. The molecule has 1 aliphatic carbocycles. The van der Waals surface area contributed by atoms with Gasteiger partial charge in [0.1, 0.15) is 5.69 Å². The number of hydrogen-bond acceptors (Lipinski definition) is 3. The summed E-state index contributed by atoms with van der Waals surface area (Å²) in [6, 6.07) is 3.72. The highest BCUT2D eigenvalue weighted by molar-refractivity contribution is 5.97. The van der Waals surface area contributed by atoms with E-state index < -0.39 is 0 Å². The summed E-state index contributed by atoms with van der Waals surface area (Å²) >= 11 is 0. The van der Waals surface area contributed by atoms with Gasteiger partial charge in [-0.1, -0.05) is 32.1 Å². The van der Waals surface area contributed by atoms with Crippen molar-refractivity contribution in [2.24, 2.45) is 11.8 Å². The first kappa shape index (κ1) is 20.9. The molecular formula is C24H34N4O2. The first-order valence-electron chi connectivity index (χ1n) is 11.7. The van der Waals surface area contributed by atoms with E-state index in [1.807, 2.05) is 12.1 Å². The molecule has 2 aromatic heterocycles. The van der Waals surface area contributed by atoms with Crippen molar-refractivity contribution < 1.29 is 9.59 Å². The summed E-state index contributed by atoms with van der Waals surface area (Å²) in [7, 11) is 0. The number of aromatic nitrogens is 2. The number of carbonyl (C=O) groups excluding carboxylic acids is 2. The van der Waals surface area contributed by atoms with Crippen LogP contribution in [0.25, 0.3) is 10.9 Å². The van der Waals surface area contributed by atoms with E-state index in [1.165, 1.54) is 25.7 Å². The van der Waals surface area contributed by atoms with Crippen LogP contribution in [0.4, 0.5) is 0 Å².